The molecule has 22 heavy (non-hydrogen) atoms. The van der Waals surface area contributed by atoms with Crippen molar-refractivity contribution in [2.45, 2.75) is 33.2 Å². The van der Waals surface area contributed by atoms with E-state index in [1.165, 1.54) is 4.31 Å². The van der Waals surface area contributed by atoms with Crippen molar-refractivity contribution < 1.29 is 8.76 Å². The van der Waals surface area contributed by atoms with Crippen molar-refractivity contribution in [1.82, 2.24) is 0 Å². The summed E-state index contributed by atoms with van der Waals surface area (Å²) in [5.74, 6) is 0. The third-order valence-electron chi connectivity index (χ3n) is 3.46. The van der Waals surface area contributed by atoms with E-state index in [4.69, 9.17) is 5.73 Å². The van der Waals surface area contributed by atoms with E-state index in [9.17, 15) is 8.76 Å². The van der Waals surface area contributed by atoms with Crippen molar-refractivity contribution in [2.24, 2.45) is 0 Å². The lowest BCUT2D eigenvalue weighted by atomic mass is 9.99. The van der Waals surface area contributed by atoms with Crippen molar-refractivity contribution in [3.63, 3.8) is 0 Å². The van der Waals surface area contributed by atoms with Gasteiger partial charge in [0.05, 0.1) is 5.69 Å². The molecule has 0 amide bonds. The van der Waals surface area contributed by atoms with E-state index >= 15 is 0 Å². The van der Waals surface area contributed by atoms with E-state index in [0.717, 1.165) is 22.4 Å². The van der Waals surface area contributed by atoms with Gasteiger partial charge in [0.15, 0.2) is 0 Å². The summed E-state index contributed by atoms with van der Waals surface area (Å²) in [5.41, 5.74) is 9.49. The molecule has 0 aliphatic rings. The molecule has 2 N–H and O–H groups in total. The monoisotopic (exact) mass is 317 g/mol. The topological polar surface area (TPSA) is 69.4 Å². The van der Waals surface area contributed by atoms with Crippen LogP contribution < -0.4 is 10.0 Å². The lowest BCUT2D eigenvalue weighted by molar-refractivity contribution is 0.498. The molecule has 118 valence electrons. The molecule has 0 spiro atoms. The predicted octanol–water partition coefficient (Wildman–Crippen LogP) is 3.64. The zero-order chi connectivity index (χ0) is 16.5. The standard InChI is InChI=1S/C17H22N2O2S/c1-12-11-13(9-10-15(12)18)14-7-5-6-8-16(14)19(22(20)21)17(2,3)4/h5-11H,18H2,1-4H3,(H,20,21)/p-1. The van der Waals surface area contributed by atoms with Gasteiger partial charge in [0.25, 0.3) is 0 Å². The quantitative estimate of drug-likeness (QED) is 0.694. The maximum Gasteiger partial charge on any atom is 0.0567 e. The van der Waals surface area contributed by atoms with Crippen LogP contribution in [0.5, 0.6) is 0 Å². The molecule has 0 aromatic heterocycles. The Morgan fingerprint density at radius 1 is 1.14 bits per heavy atom. The second-order valence-corrected chi connectivity index (χ2v) is 7.07. The number of hydrogen-bond acceptors (Lipinski definition) is 3. The van der Waals surface area contributed by atoms with Gasteiger partial charge in [0, 0.05) is 28.1 Å². The second-order valence-electron chi connectivity index (χ2n) is 6.27. The summed E-state index contributed by atoms with van der Waals surface area (Å²) in [6.45, 7) is 7.55. The van der Waals surface area contributed by atoms with Gasteiger partial charge in [-0.2, -0.15) is 0 Å². The number of aryl methyl sites for hydroxylation is 1. The van der Waals surface area contributed by atoms with Crippen LogP contribution in [0.3, 0.4) is 0 Å². The van der Waals surface area contributed by atoms with Gasteiger partial charge in [-0.3, -0.25) is 8.51 Å². The van der Waals surface area contributed by atoms with Crippen molar-refractivity contribution in [3.05, 3.63) is 48.0 Å². The van der Waals surface area contributed by atoms with Crippen LogP contribution in [0, 0.1) is 6.92 Å². The van der Waals surface area contributed by atoms with Crippen molar-refractivity contribution in [3.8, 4) is 11.1 Å². The van der Waals surface area contributed by atoms with Gasteiger partial charge in [-0.05, 0) is 57.0 Å². The molecule has 0 radical (unpaired) electrons. The van der Waals surface area contributed by atoms with Gasteiger partial charge >= 0.3 is 0 Å². The van der Waals surface area contributed by atoms with E-state index in [0.29, 0.717) is 5.69 Å². The fraction of sp³-hybridized carbons (Fsp3) is 0.294. The maximum atomic E-state index is 11.8. The fourth-order valence-corrected chi connectivity index (χ4v) is 3.17. The molecule has 0 saturated carbocycles. The molecule has 0 saturated heterocycles. The second kappa shape index (κ2) is 6.10. The number of para-hydroxylation sites is 1. The highest BCUT2D eigenvalue weighted by Gasteiger charge is 2.25. The minimum absolute atomic E-state index is 0.550. The number of nitrogen functional groups attached to an aromatic ring is 1. The molecule has 0 aliphatic carbocycles. The van der Waals surface area contributed by atoms with Gasteiger partial charge in [0.2, 0.25) is 0 Å². The van der Waals surface area contributed by atoms with E-state index in [-0.39, 0.29) is 0 Å². The van der Waals surface area contributed by atoms with Gasteiger partial charge in [-0.15, -0.1) is 0 Å². The van der Waals surface area contributed by atoms with Crippen molar-refractivity contribution in [1.29, 1.82) is 0 Å². The highest BCUT2D eigenvalue weighted by atomic mass is 32.2. The first-order chi connectivity index (χ1) is 10.2. The smallest absolute Gasteiger partial charge is 0.0567 e. The zero-order valence-electron chi connectivity index (χ0n) is 13.3. The van der Waals surface area contributed by atoms with Crippen LogP contribution in [0.15, 0.2) is 42.5 Å². The Kier molecular flexibility index (Phi) is 4.58. The van der Waals surface area contributed by atoms with Crippen LogP contribution in [-0.2, 0) is 11.3 Å². The fourth-order valence-electron chi connectivity index (χ4n) is 2.40. The van der Waals surface area contributed by atoms with E-state index < -0.39 is 16.8 Å². The number of rotatable bonds is 3. The van der Waals surface area contributed by atoms with E-state index in [2.05, 4.69) is 0 Å². The van der Waals surface area contributed by atoms with Crippen LogP contribution >= 0.6 is 0 Å². The molecular formula is C17H21N2O2S-. The largest absolute Gasteiger partial charge is 0.755 e. The number of nitrogens with two attached hydrogens (primary N) is 1. The van der Waals surface area contributed by atoms with E-state index in [1.807, 2.05) is 70.2 Å². The highest BCUT2D eigenvalue weighted by Crippen LogP contribution is 2.36. The molecule has 0 heterocycles. The summed E-state index contributed by atoms with van der Waals surface area (Å²) in [4.78, 5) is 0. The summed E-state index contributed by atoms with van der Waals surface area (Å²) in [6, 6.07) is 13.2. The molecule has 1 atom stereocenters. The van der Waals surface area contributed by atoms with Gasteiger partial charge in [-0.25, -0.2) is 0 Å². The Labute approximate surface area is 134 Å². The Morgan fingerprint density at radius 2 is 1.77 bits per heavy atom. The number of benzene rings is 2. The number of nitrogens with zero attached hydrogens (tertiary/aromatic N) is 1. The molecule has 1 unspecified atom stereocenters. The molecule has 5 heteroatoms. The molecular weight excluding hydrogens is 296 g/mol. The third-order valence-corrected chi connectivity index (χ3v) is 4.50. The molecule has 0 fully saturated rings. The van der Waals surface area contributed by atoms with Gasteiger partial charge in [-0.1, -0.05) is 24.3 Å². The van der Waals surface area contributed by atoms with Gasteiger partial charge < -0.3 is 10.3 Å². The number of hydrogen-bond donors (Lipinski definition) is 1. The average Bonchev–Trinajstić information content (AvgIpc) is 2.40. The summed E-state index contributed by atoms with van der Waals surface area (Å²) >= 11 is -2.36. The number of anilines is 2. The van der Waals surface area contributed by atoms with Crippen LogP contribution in [0.1, 0.15) is 26.3 Å². The van der Waals surface area contributed by atoms with Crippen LogP contribution in [0.4, 0.5) is 11.4 Å². The molecule has 2 aromatic rings. The predicted molar refractivity (Wildman–Crippen MR) is 92.2 cm³/mol. The van der Waals surface area contributed by atoms with Gasteiger partial charge in [0.1, 0.15) is 0 Å². The highest BCUT2D eigenvalue weighted by molar-refractivity contribution is 7.80. The molecule has 0 bridgehead atoms. The molecule has 2 rings (SSSR count). The van der Waals surface area contributed by atoms with Crippen LogP contribution in [0.2, 0.25) is 0 Å². The SMILES string of the molecule is Cc1cc(-c2ccccc2N(S(=O)[O-])C(C)(C)C)ccc1N. The summed E-state index contributed by atoms with van der Waals surface area (Å²) in [5, 5.41) is 0. The Bertz CT molecular complexity index is 708. The molecule has 0 aliphatic heterocycles. The summed E-state index contributed by atoms with van der Waals surface area (Å²) < 4.78 is 24.9. The van der Waals surface area contributed by atoms with Crippen LogP contribution in [-0.4, -0.2) is 14.3 Å². The first-order valence-corrected chi connectivity index (χ1v) is 8.10. The Balaban J connectivity index is 2.64. The van der Waals surface area contributed by atoms with E-state index in [1.54, 1.807) is 0 Å². The Hall–Kier alpha value is -1.85. The third kappa shape index (κ3) is 3.31. The maximum absolute atomic E-state index is 11.8. The zero-order valence-corrected chi connectivity index (χ0v) is 14.1. The minimum atomic E-state index is -2.36. The van der Waals surface area contributed by atoms with Crippen molar-refractivity contribution >= 4 is 22.6 Å². The lowest BCUT2D eigenvalue weighted by Crippen LogP contribution is -2.42. The molecule has 2 aromatic carbocycles. The normalized spacial score (nSPS) is 13.0. The summed E-state index contributed by atoms with van der Waals surface area (Å²) in [7, 11) is 0. The van der Waals surface area contributed by atoms with Crippen molar-refractivity contribution in [2.75, 3.05) is 10.0 Å². The average molecular weight is 317 g/mol. The first kappa shape index (κ1) is 16.5. The lowest BCUT2D eigenvalue weighted by Gasteiger charge is -2.39. The molecule has 4 nitrogen and oxygen atoms in total. The Morgan fingerprint density at radius 3 is 2.32 bits per heavy atom. The first-order valence-electron chi connectivity index (χ1n) is 7.07. The minimum Gasteiger partial charge on any atom is -0.755 e. The van der Waals surface area contributed by atoms with Crippen LogP contribution in [0.25, 0.3) is 11.1 Å². The summed E-state index contributed by atoms with van der Waals surface area (Å²) in [6.07, 6.45) is 0.